The molecule has 2 aromatic heterocycles. The van der Waals surface area contributed by atoms with Crippen LogP contribution in [0.25, 0.3) is 11.2 Å². The summed E-state index contributed by atoms with van der Waals surface area (Å²) in [5.41, 5.74) is 6.95. The maximum Gasteiger partial charge on any atom is 0.284 e. The molecule has 0 radical (unpaired) electrons. The predicted molar refractivity (Wildman–Crippen MR) is 49.7 cm³/mol. The van der Waals surface area contributed by atoms with Crippen LogP contribution >= 0.6 is 0 Å². The number of aryl methyl sites for hydroxylation is 2. The maximum atomic E-state index is 10.8. The van der Waals surface area contributed by atoms with Crippen LogP contribution in [0.3, 0.4) is 0 Å². The van der Waals surface area contributed by atoms with Gasteiger partial charge in [-0.15, -0.1) is 0 Å². The largest absolute Gasteiger partial charge is 0.363 e. The monoisotopic (exact) mass is 191 g/mol. The minimum absolute atomic E-state index is 0.114. The van der Waals surface area contributed by atoms with E-state index in [1.165, 1.54) is 0 Å². The van der Waals surface area contributed by atoms with Crippen LogP contribution in [0.4, 0.5) is 0 Å². The summed E-state index contributed by atoms with van der Waals surface area (Å²) in [6, 6.07) is 0. The molecule has 0 bridgehead atoms. The van der Waals surface area contributed by atoms with Crippen LogP contribution in [0.1, 0.15) is 22.1 Å². The number of aromatic nitrogens is 4. The summed E-state index contributed by atoms with van der Waals surface area (Å²) < 4.78 is 0. The highest BCUT2D eigenvalue weighted by molar-refractivity contribution is 5.92. The van der Waals surface area contributed by atoms with E-state index in [2.05, 4.69) is 19.9 Å². The van der Waals surface area contributed by atoms with Gasteiger partial charge in [-0.2, -0.15) is 0 Å². The van der Waals surface area contributed by atoms with Gasteiger partial charge in [-0.3, -0.25) is 4.79 Å². The Labute approximate surface area is 79.6 Å². The number of aromatic amines is 1. The molecule has 2 aromatic rings. The normalized spacial score (nSPS) is 10.7. The summed E-state index contributed by atoms with van der Waals surface area (Å²) in [4.78, 5) is 25.8. The number of carbonyl (C=O) groups is 1. The Bertz CT molecular complexity index is 516. The Morgan fingerprint density at radius 1 is 1.29 bits per heavy atom. The molecule has 1 amide bonds. The van der Waals surface area contributed by atoms with Crippen LogP contribution in [0.2, 0.25) is 0 Å². The zero-order valence-corrected chi connectivity index (χ0v) is 7.83. The van der Waals surface area contributed by atoms with E-state index in [4.69, 9.17) is 5.73 Å². The van der Waals surface area contributed by atoms with Crippen LogP contribution in [-0.4, -0.2) is 25.8 Å². The lowest BCUT2D eigenvalue weighted by Gasteiger charge is -1.94. The fourth-order valence-electron chi connectivity index (χ4n) is 1.30. The van der Waals surface area contributed by atoms with Gasteiger partial charge >= 0.3 is 0 Å². The van der Waals surface area contributed by atoms with Crippen molar-refractivity contribution in [3.8, 4) is 0 Å². The first-order chi connectivity index (χ1) is 6.58. The third kappa shape index (κ3) is 1.20. The first-order valence-electron chi connectivity index (χ1n) is 4.08. The highest BCUT2D eigenvalue weighted by atomic mass is 16.1. The third-order valence-corrected chi connectivity index (χ3v) is 1.86. The van der Waals surface area contributed by atoms with E-state index in [1.54, 1.807) is 6.92 Å². The first-order valence-corrected chi connectivity index (χ1v) is 4.08. The number of amides is 1. The minimum atomic E-state index is -0.597. The molecule has 0 unspecified atom stereocenters. The van der Waals surface area contributed by atoms with Gasteiger partial charge in [0, 0.05) is 0 Å². The van der Waals surface area contributed by atoms with Crippen molar-refractivity contribution in [3.05, 3.63) is 17.3 Å². The molecule has 0 saturated heterocycles. The van der Waals surface area contributed by atoms with Crippen molar-refractivity contribution < 1.29 is 4.79 Å². The second-order valence-corrected chi connectivity index (χ2v) is 3.00. The Balaban J connectivity index is 2.76. The van der Waals surface area contributed by atoms with Crippen LogP contribution in [-0.2, 0) is 0 Å². The van der Waals surface area contributed by atoms with Gasteiger partial charge in [0.1, 0.15) is 11.3 Å². The molecular formula is C8H9N5O. The van der Waals surface area contributed by atoms with Gasteiger partial charge in [0.25, 0.3) is 5.91 Å². The van der Waals surface area contributed by atoms with E-state index >= 15 is 0 Å². The molecular weight excluding hydrogens is 182 g/mol. The van der Waals surface area contributed by atoms with Crippen molar-refractivity contribution in [1.82, 2.24) is 19.9 Å². The van der Waals surface area contributed by atoms with Crippen molar-refractivity contribution in [2.24, 2.45) is 5.73 Å². The molecule has 0 spiro atoms. The lowest BCUT2D eigenvalue weighted by atomic mass is 10.4. The van der Waals surface area contributed by atoms with Gasteiger partial charge in [-0.25, -0.2) is 15.0 Å². The molecule has 0 aliphatic carbocycles. The van der Waals surface area contributed by atoms with Gasteiger partial charge in [0.2, 0.25) is 0 Å². The van der Waals surface area contributed by atoms with Gasteiger partial charge < -0.3 is 10.7 Å². The first kappa shape index (κ1) is 8.61. The minimum Gasteiger partial charge on any atom is -0.363 e. The van der Waals surface area contributed by atoms with Crippen LogP contribution in [0.15, 0.2) is 0 Å². The number of imidazole rings is 1. The summed E-state index contributed by atoms with van der Waals surface area (Å²) in [5, 5.41) is 0. The zero-order valence-electron chi connectivity index (χ0n) is 7.83. The fraction of sp³-hybridized carbons (Fsp3) is 0.250. The second kappa shape index (κ2) is 2.76. The number of nitrogens with zero attached hydrogens (tertiary/aromatic N) is 3. The van der Waals surface area contributed by atoms with Crippen molar-refractivity contribution in [2.75, 3.05) is 0 Å². The quantitative estimate of drug-likeness (QED) is 0.666. The van der Waals surface area contributed by atoms with E-state index in [0.717, 1.165) is 5.69 Å². The Hall–Kier alpha value is -1.98. The molecule has 14 heavy (non-hydrogen) atoms. The molecule has 0 fully saturated rings. The molecule has 0 saturated carbocycles. The lowest BCUT2D eigenvalue weighted by molar-refractivity contribution is 0.0991. The summed E-state index contributed by atoms with van der Waals surface area (Å²) in [6.07, 6.45) is 0. The average molecular weight is 191 g/mol. The van der Waals surface area contributed by atoms with Crippen LogP contribution < -0.4 is 5.73 Å². The smallest absolute Gasteiger partial charge is 0.284 e. The summed E-state index contributed by atoms with van der Waals surface area (Å²) in [6.45, 7) is 3.58. The molecule has 0 aliphatic rings. The number of carbonyl (C=O) groups excluding carboxylic acids is 1. The molecule has 2 heterocycles. The maximum absolute atomic E-state index is 10.8. The van der Waals surface area contributed by atoms with E-state index in [0.29, 0.717) is 17.0 Å². The highest BCUT2D eigenvalue weighted by Gasteiger charge is 2.11. The predicted octanol–water partition coefficient (Wildman–Crippen LogP) is 0.0686. The molecule has 72 valence electrons. The molecule has 3 N–H and O–H groups in total. The summed E-state index contributed by atoms with van der Waals surface area (Å²) in [5.74, 6) is 0.151. The van der Waals surface area contributed by atoms with E-state index in [9.17, 15) is 4.79 Å². The number of H-pyrrole nitrogens is 1. The molecule has 0 aliphatic heterocycles. The standard InChI is InChI=1S/C8H9N5O/c1-3-5-7(11-4(2)10-3)13-8(12-5)6(9)14/h1-2H3,(H2,9,14)(H,10,11,12,13). The number of hydrogen-bond donors (Lipinski definition) is 2. The molecule has 2 rings (SSSR count). The zero-order chi connectivity index (χ0) is 10.3. The number of primary amides is 1. The highest BCUT2D eigenvalue weighted by Crippen LogP contribution is 2.11. The number of fused-ring (bicyclic) bond motifs is 1. The molecule has 0 aromatic carbocycles. The SMILES string of the molecule is Cc1nc(C)c2nc(C(N)=O)[nH]c2n1. The van der Waals surface area contributed by atoms with Crippen molar-refractivity contribution in [1.29, 1.82) is 0 Å². The van der Waals surface area contributed by atoms with Gasteiger partial charge in [0.05, 0.1) is 5.69 Å². The van der Waals surface area contributed by atoms with Crippen LogP contribution in [0.5, 0.6) is 0 Å². The average Bonchev–Trinajstić information content (AvgIpc) is 2.47. The van der Waals surface area contributed by atoms with E-state index in [-0.39, 0.29) is 5.82 Å². The lowest BCUT2D eigenvalue weighted by Crippen LogP contribution is -2.12. The topological polar surface area (TPSA) is 97.5 Å². The summed E-state index contributed by atoms with van der Waals surface area (Å²) >= 11 is 0. The molecule has 6 nitrogen and oxygen atoms in total. The van der Waals surface area contributed by atoms with Crippen molar-refractivity contribution in [2.45, 2.75) is 13.8 Å². The van der Waals surface area contributed by atoms with Gasteiger partial charge in [-0.1, -0.05) is 0 Å². The fourth-order valence-corrected chi connectivity index (χ4v) is 1.30. The van der Waals surface area contributed by atoms with E-state index in [1.807, 2.05) is 6.92 Å². The molecule has 6 heteroatoms. The van der Waals surface area contributed by atoms with Crippen molar-refractivity contribution >= 4 is 17.1 Å². The number of nitrogens with two attached hydrogens (primary N) is 1. The Morgan fingerprint density at radius 2 is 2.00 bits per heavy atom. The van der Waals surface area contributed by atoms with Crippen LogP contribution in [0, 0.1) is 13.8 Å². The molecule has 0 atom stereocenters. The number of rotatable bonds is 1. The number of nitrogens with one attached hydrogen (secondary N) is 1. The Kier molecular flexibility index (Phi) is 1.70. The Morgan fingerprint density at radius 3 is 2.64 bits per heavy atom. The second-order valence-electron chi connectivity index (χ2n) is 3.00. The summed E-state index contributed by atoms with van der Waals surface area (Å²) in [7, 11) is 0. The van der Waals surface area contributed by atoms with E-state index < -0.39 is 5.91 Å². The third-order valence-electron chi connectivity index (χ3n) is 1.86. The van der Waals surface area contributed by atoms with Gasteiger partial charge in [0.15, 0.2) is 11.5 Å². The van der Waals surface area contributed by atoms with Crippen molar-refractivity contribution in [3.63, 3.8) is 0 Å². The number of hydrogen-bond acceptors (Lipinski definition) is 4. The van der Waals surface area contributed by atoms with Gasteiger partial charge in [-0.05, 0) is 13.8 Å².